The van der Waals surface area contributed by atoms with Gasteiger partial charge in [0.2, 0.25) is 0 Å². The Morgan fingerprint density at radius 3 is 2.58 bits per heavy atom. The van der Waals surface area contributed by atoms with Crippen LogP contribution in [0.2, 0.25) is 0 Å². The molecule has 0 amide bonds. The van der Waals surface area contributed by atoms with E-state index in [0.29, 0.717) is 0 Å². The Bertz CT molecular complexity index is 443. The standard InChI is InChI=1S/C17H25NO/c1-14-8-9-15(2)16(12-14)19-11-7-5-6-10-17(3,4)13-18/h8-9,12H,5-7,10-11H2,1-4H3. The van der Waals surface area contributed by atoms with Gasteiger partial charge in [0, 0.05) is 0 Å². The second-order valence-electron chi connectivity index (χ2n) is 5.92. The van der Waals surface area contributed by atoms with Crippen LogP contribution in [0.25, 0.3) is 0 Å². The number of hydrogen-bond acceptors (Lipinski definition) is 2. The van der Waals surface area contributed by atoms with Crippen molar-refractivity contribution in [1.82, 2.24) is 0 Å². The lowest BCUT2D eigenvalue weighted by Crippen LogP contribution is -2.07. The van der Waals surface area contributed by atoms with Crippen molar-refractivity contribution in [3.05, 3.63) is 29.3 Å². The van der Waals surface area contributed by atoms with E-state index in [0.717, 1.165) is 38.0 Å². The molecule has 2 nitrogen and oxygen atoms in total. The molecule has 0 saturated heterocycles. The van der Waals surface area contributed by atoms with Crippen molar-refractivity contribution in [1.29, 1.82) is 5.26 Å². The molecule has 104 valence electrons. The van der Waals surface area contributed by atoms with Gasteiger partial charge >= 0.3 is 0 Å². The van der Waals surface area contributed by atoms with Crippen LogP contribution in [0.5, 0.6) is 5.75 Å². The van der Waals surface area contributed by atoms with Gasteiger partial charge in [-0.1, -0.05) is 25.0 Å². The Morgan fingerprint density at radius 2 is 1.89 bits per heavy atom. The van der Waals surface area contributed by atoms with Crippen LogP contribution < -0.4 is 4.74 Å². The van der Waals surface area contributed by atoms with Crippen LogP contribution in [0.3, 0.4) is 0 Å². The molecule has 0 aliphatic carbocycles. The van der Waals surface area contributed by atoms with Crippen molar-refractivity contribution in [2.75, 3.05) is 6.61 Å². The third-order valence-corrected chi connectivity index (χ3v) is 3.35. The number of unbranched alkanes of at least 4 members (excludes halogenated alkanes) is 2. The topological polar surface area (TPSA) is 33.0 Å². The molecule has 0 radical (unpaired) electrons. The summed E-state index contributed by atoms with van der Waals surface area (Å²) in [4.78, 5) is 0. The Hall–Kier alpha value is -1.49. The van der Waals surface area contributed by atoms with E-state index in [1.807, 2.05) is 13.8 Å². The molecule has 19 heavy (non-hydrogen) atoms. The molecule has 0 unspecified atom stereocenters. The van der Waals surface area contributed by atoms with Crippen LogP contribution in [-0.2, 0) is 0 Å². The second-order valence-corrected chi connectivity index (χ2v) is 5.92. The van der Waals surface area contributed by atoms with E-state index in [-0.39, 0.29) is 5.41 Å². The molecular weight excluding hydrogens is 234 g/mol. The van der Waals surface area contributed by atoms with Crippen molar-refractivity contribution >= 4 is 0 Å². The average Bonchev–Trinajstić information content (AvgIpc) is 2.37. The van der Waals surface area contributed by atoms with Crippen LogP contribution in [0, 0.1) is 30.6 Å². The molecular formula is C17H25NO. The minimum Gasteiger partial charge on any atom is -0.493 e. The number of aryl methyl sites for hydroxylation is 2. The van der Waals surface area contributed by atoms with Crippen molar-refractivity contribution in [2.24, 2.45) is 5.41 Å². The van der Waals surface area contributed by atoms with E-state index in [1.165, 1.54) is 11.1 Å². The van der Waals surface area contributed by atoms with Crippen LogP contribution >= 0.6 is 0 Å². The summed E-state index contributed by atoms with van der Waals surface area (Å²) in [6.07, 6.45) is 4.23. The van der Waals surface area contributed by atoms with Crippen molar-refractivity contribution < 1.29 is 4.74 Å². The van der Waals surface area contributed by atoms with Crippen molar-refractivity contribution in [3.8, 4) is 11.8 Å². The fraction of sp³-hybridized carbons (Fsp3) is 0.588. The normalized spacial score (nSPS) is 11.1. The van der Waals surface area contributed by atoms with E-state index in [1.54, 1.807) is 0 Å². The SMILES string of the molecule is Cc1ccc(C)c(OCCCCCC(C)(C)C#N)c1. The largest absolute Gasteiger partial charge is 0.493 e. The first-order valence-corrected chi connectivity index (χ1v) is 7.06. The van der Waals surface area contributed by atoms with Crippen LogP contribution in [-0.4, -0.2) is 6.61 Å². The maximum Gasteiger partial charge on any atom is 0.122 e. The van der Waals surface area contributed by atoms with Crippen LogP contribution in [0.1, 0.15) is 50.7 Å². The third-order valence-electron chi connectivity index (χ3n) is 3.35. The van der Waals surface area contributed by atoms with E-state index >= 15 is 0 Å². The number of ether oxygens (including phenoxy) is 1. The minimum atomic E-state index is -0.187. The van der Waals surface area contributed by atoms with Gasteiger partial charge in [0.1, 0.15) is 5.75 Å². The first kappa shape index (κ1) is 15.6. The summed E-state index contributed by atoms with van der Waals surface area (Å²) in [5.74, 6) is 0.998. The molecule has 0 bridgehead atoms. The highest BCUT2D eigenvalue weighted by Gasteiger charge is 2.15. The summed E-state index contributed by atoms with van der Waals surface area (Å²) in [6.45, 7) is 8.91. The molecule has 0 atom stereocenters. The van der Waals surface area contributed by atoms with Gasteiger partial charge in [-0.25, -0.2) is 0 Å². The number of benzene rings is 1. The fourth-order valence-electron chi connectivity index (χ4n) is 1.95. The van der Waals surface area contributed by atoms with Gasteiger partial charge in [0.25, 0.3) is 0 Å². The second kappa shape index (κ2) is 7.19. The van der Waals surface area contributed by atoms with Crippen molar-refractivity contribution in [3.63, 3.8) is 0 Å². The zero-order chi connectivity index (χ0) is 14.3. The quantitative estimate of drug-likeness (QED) is 0.659. The number of nitriles is 1. The highest BCUT2D eigenvalue weighted by atomic mass is 16.5. The Morgan fingerprint density at radius 1 is 1.16 bits per heavy atom. The summed E-state index contributed by atoms with van der Waals surface area (Å²) in [6, 6.07) is 8.63. The fourth-order valence-corrected chi connectivity index (χ4v) is 1.95. The third kappa shape index (κ3) is 5.79. The summed E-state index contributed by atoms with van der Waals surface area (Å²) in [5, 5.41) is 8.93. The number of hydrogen-bond donors (Lipinski definition) is 0. The Labute approximate surface area is 117 Å². The van der Waals surface area contributed by atoms with E-state index < -0.39 is 0 Å². The highest BCUT2D eigenvalue weighted by molar-refractivity contribution is 5.35. The molecule has 0 fully saturated rings. The molecule has 0 spiro atoms. The maximum atomic E-state index is 8.93. The van der Waals surface area contributed by atoms with Gasteiger partial charge in [0.05, 0.1) is 18.1 Å². The summed E-state index contributed by atoms with van der Waals surface area (Å²) >= 11 is 0. The molecule has 1 aromatic rings. The lowest BCUT2D eigenvalue weighted by Gasteiger charge is -2.14. The van der Waals surface area contributed by atoms with Gasteiger partial charge in [-0.3, -0.25) is 0 Å². The predicted molar refractivity (Wildman–Crippen MR) is 79.3 cm³/mol. The van der Waals surface area contributed by atoms with E-state index in [4.69, 9.17) is 10.00 Å². The van der Waals surface area contributed by atoms with Gasteiger partial charge in [-0.2, -0.15) is 5.26 Å². The first-order valence-electron chi connectivity index (χ1n) is 7.06. The monoisotopic (exact) mass is 259 g/mol. The zero-order valence-corrected chi connectivity index (χ0v) is 12.6. The molecule has 2 heteroatoms. The summed E-state index contributed by atoms with van der Waals surface area (Å²) in [7, 11) is 0. The highest BCUT2D eigenvalue weighted by Crippen LogP contribution is 2.23. The molecule has 0 aromatic heterocycles. The summed E-state index contributed by atoms with van der Waals surface area (Å²) in [5.41, 5.74) is 2.24. The van der Waals surface area contributed by atoms with E-state index in [9.17, 15) is 0 Å². The first-order chi connectivity index (χ1) is 8.94. The Kier molecular flexibility index (Phi) is 5.89. The lowest BCUT2D eigenvalue weighted by molar-refractivity contribution is 0.298. The van der Waals surface area contributed by atoms with Gasteiger partial charge < -0.3 is 4.74 Å². The molecule has 0 aliphatic rings. The summed E-state index contributed by atoms with van der Waals surface area (Å²) < 4.78 is 5.81. The smallest absolute Gasteiger partial charge is 0.122 e. The minimum absolute atomic E-state index is 0.187. The molecule has 1 rings (SSSR count). The Balaban J connectivity index is 2.21. The lowest BCUT2D eigenvalue weighted by atomic mass is 9.89. The van der Waals surface area contributed by atoms with E-state index in [2.05, 4.69) is 38.1 Å². The molecule has 1 aromatic carbocycles. The predicted octanol–water partition coefficient (Wildman–Crippen LogP) is 4.79. The molecule has 0 aliphatic heterocycles. The van der Waals surface area contributed by atoms with Gasteiger partial charge in [-0.05, 0) is 57.7 Å². The molecule has 0 heterocycles. The molecule has 0 saturated carbocycles. The zero-order valence-electron chi connectivity index (χ0n) is 12.6. The number of rotatable bonds is 7. The number of nitrogens with zero attached hydrogens (tertiary/aromatic N) is 1. The van der Waals surface area contributed by atoms with Gasteiger partial charge in [0.15, 0.2) is 0 Å². The van der Waals surface area contributed by atoms with Crippen LogP contribution in [0.15, 0.2) is 18.2 Å². The maximum absolute atomic E-state index is 8.93. The van der Waals surface area contributed by atoms with Gasteiger partial charge in [-0.15, -0.1) is 0 Å². The van der Waals surface area contributed by atoms with Crippen LogP contribution in [0.4, 0.5) is 0 Å². The molecule has 0 N–H and O–H groups in total. The van der Waals surface area contributed by atoms with Crippen molar-refractivity contribution in [2.45, 2.75) is 53.4 Å². The average molecular weight is 259 g/mol.